The SMILES string of the molecule is CC1=CC(=O)N(c2cccc(Cl)c2C(=O)O)C1=O. The summed E-state index contributed by atoms with van der Waals surface area (Å²) in [4.78, 5) is 35.4. The van der Waals surface area contributed by atoms with Gasteiger partial charge in [-0.2, -0.15) is 0 Å². The fourth-order valence-electron chi connectivity index (χ4n) is 1.73. The van der Waals surface area contributed by atoms with E-state index in [-0.39, 0.29) is 21.8 Å². The van der Waals surface area contributed by atoms with Crippen molar-refractivity contribution in [3.63, 3.8) is 0 Å². The zero-order valence-electron chi connectivity index (χ0n) is 9.31. The maximum Gasteiger partial charge on any atom is 0.339 e. The van der Waals surface area contributed by atoms with Gasteiger partial charge in [-0.3, -0.25) is 9.59 Å². The van der Waals surface area contributed by atoms with Crippen molar-refractivity contribution in [2.24, 2.45) is 0 Å². The second kappa shape index (κ2) is 4.27. The summed E-state index contributed by atoms with van der Waals surface area (Å²) in [7, 11) is 0. The van der Waals surface area contributed by atoms with Crippen LogP contribution in [-0.2, 0) is 9.59 Å². The minimum absolute atomic E-state index is 0.0156. The van der Waals surface area contributed by atoms with Crippen LogP contribution in [0.4, 0.5) is 5.69 Å². The fraction of sp³-hybridized carbons (Fsp3) is 0.0833. The van der Waals surface area contributed by atoms with Crippen LogP contribution < -0.4 is 4.90 Å². The number of carbonyl (C=O) groups is 3. The number of carbonyl (C=O) groups excluding carboxylic acids is 2. The number of aromatic carboxylic acids is 1. The van der Waals surface area contributed by atoms with Crippen LogP contribution in [0.15, 0.2) is 29.8 Å². The molecule has 0 atom stereocenters. The third-order valence-corrected chi connectivity index (χ3v) is 2.86. The van der Waals surface area contributed by atoms with E-state index in [1.54, 1.807) is 0 Å². The molecule has 0 bridgehead atoms. The smallest absolute Gasteiger partial charge is 0.339 e. The van der Waals surface area contributed by atoms with E-state index in [0.29, 0.717) is 0 Å². The second-order valence-electron chi connectivity index (χ2n) is 3.75. The van der Waals surface area contributed by atoms with E-state index < -0.39 is 17.8 Å². The molecule has 0 aliphatic carbocycles. The number of anilines is 1. The summed E-state index contributed by atoms with van der Waals surface area (Å²) in [5.41, 5.74) is -0.0154. The van der Waals surface area contributed by atoms with Crippen molar-refractivity contribution in [2.75, 3.05) is 4.90 Å². The van der Waals surface area contributed by atoms with Gasteiger partial charge < -0.3 is 5.11 Å². The average molecular weight is 266 g/mol. The molecule has 1 N–H and O–H groups in total. The minimum Gasteiger partial charge on any atom is -0.478 e. The van der Waals surface area contributed by atoms with Crippen molar-refractivity contribution in [2.45, 2.75) is 6.92 Å². The highest BCUT2D eigenvalue weighted by molar-refractivity contribution is 6.36. The highest BCUT2D eigenvalue weighted by atomic mass is 35.5. The number of hydrogen-bond acceptors (Lipinski definition) is 3. The van der Waals surface area contributed by atoms with Gasteiger partial charge in [0.05, 0.1) is 10.7 Å². The molecule has 6 heteroatoms. The van der Waals surface area contributed by atoms with Gasteiger partial charge in [0.2, 0.25) is 0 Å². The zero-order chi connectivity index (χ0) is 13.4. The van der Waals surface area contributed by atoms with Crippen LogP contribution >= 0.6 is 11.6 Å². The average Bonchev–Trinajstić information content (AvgIpc) is 2.52. The van der Waals surface area contributed by atoms with Gasteiger partial charge in [0.1, 0.15) is 5.56 Å². The van der Waals surface area contributed by atoms with Crippen molar-refractivity contribution >= 4 is 35.1 Å². The van der Waals surface area contributed by atoms with Crippen LogP contribution in [0, 0.1) is 0 Å². The number of rotatable bonds is 2. The third-order valence-electron chi connectivity index (χ3n) is 2.55. The Labute approximate surface area is 107 Å². The number of halogens is 1. The maximum absolute atomic E-state index is 11.8. The molecule has 0 aromatic heterocycles. The summed E-state index contributed by atoms with van der Waals surface area (Å²) in [6.45, 7) is 1.49. The van der Waals surface area contributed by atoms with E-state index in [9.17, 15) is 14.4 Å². The summed E-state index contributed by atoms with van der Waals surface area (Å²) in [5, 5.41) is 9.07. The van der Waals surface area contributed by atoms with Crippen LogP contribution in [-0.4, -0.2) is 22.9 Å². The Morgan fingerprint density at radius 3 is 2.50 bits per heavy atom. The summed E-state index contributed by atoms with van der Waals surface area (Å²) >= 11 is 5.79. The molecule has 0 unspecified atom stereocenters. The lowest BCUT2D eigenvalue weighted by atomic mass is 10.1. The van der Waals surface area contributed by atoms with E-state index in [1.165, 1.54) is 25.1 Å². The minimum atomic E-state index is -1.29. The molecule has 1 aromatic rings. The van der Waals surface area contributed by atoms with Gasteiger partial charge in [-0.15, -0.1) is 0 Å². The summed E-state index contributed by atoms with van der Waals surface area (Å²) in [5.74, 6) is -2.40. The summed E-state index contributed by atoms with van der Waals surface area (Å²) < 4.78 is 0. The van der Waals surface area contributed by atoms with Gasteiger partial charge in [-0.05, 0) is 19.1 Å². The van der Waals surface area contributed by atoms with Gasteiger partial charge in [0, 0.05) is 11.6 Å². The highest BCUT2D eigenvalue weighted by Crippen LogP contribution is 2.30. The molecular weight excluding hydrogens is 258 g/mol. The number of benzene rings is 1. The number of hydrogen-bond donors (Lipinski definition) is 1. The Bertz CT molecular complexity index is 606. The number of nitrogens with zero attached hydrogens (tertiary/aromatic N) is 1. The first kappa shape index (κ1) is 12.3. The lowest BCUT2D eigenvalue weighted by molar-refractivity contribution is -0.120. The zero-order valence-corrected chi connectivity index (χ0v) is 10.1. The summed E-state index contributed by atoms with van der Waals surface area (Å²) in [6, 6.07) is 4.25. The first-order chi connectivity index (χ1) is 8.43. The molecule has 2 rings (SSSR count). The molecule has 0 spiro atoms. The molecule has 0 radical (unpaired) electrons. The van der Waals surface area contributed by atoms with Crippen molar-refractivity contribution in [3.8, 4) is 0 Å². The van der Waals surface area contributed by atoms with Crippen LogP contribution in [0.2, 0.25) is 5.02 Å². The predicted molar refractivity (Wildman–Crippen MR) is 64.7 cm³/mol. The van der Waals surface area contributed by atoms with Gasteiger partial charge >= 0.3 is 5.97 Å². The third kappa shape index (κ3) is 1.78. The van der Waals surface area contributed by atoms with E-state index in [1.807, 2.05) is 0 Å². The molecule has 0 saturated heterocycles. The molecule has 5 nitrogen and oxygen atoms in total. The molecule has 1 heterocycles. The quantitative estimate of drug-likeness (QED) is 0.828. The lowest BCUT2D eigenvalue weighted by Crippen LogP contribution is -2.32. The van der Waals surface area contributed by atoms with Crippen molar-refractivity contribution in [1.82, 2.24) is 0 Å². The molecule has 0 saturated carbocycles. The Hall–Kier alpha value is -2.14. The monoisotopic (exact) mass is 265 g/mol. The Morgan fingerprint density at radius 1 is 1.33 bits per heavy atom. The van der Waals surface area contributed by atoms with Gasteiger partial charge in [-0.1, -0.05) is 17.7 Å². The van der Waals surface area contributed by atoms with Crippen LogP contribution in [0.1, 0.15) is 17.3 Å². The Kier molecular flexibility index (Phi) is 2.92. The van der Waals surface area contributed by atoms with Crippen molar-refractivity contribution < 1.29 is 19.5 Å². The van der Waals surface area contributed by atoms with E-state index in [4.69, 9.17) is 16.7 Å². The van der Waals surface area contributed by atoms with E-state index in [0.717, 1.165) is 11.0 Å². The topological polar surface area (TPSA) is 74.7 Å². The first-order valence-electron chi connectivity index (χ1n) is 5.02. The highest BCUT2D eigenvalue weighted by Gasteiger charge is 2.33. The normalized spacial score (nSPS) is 15.0. The van der Waals surface area contributed by atoms with E-state index in [2.05, 4.69) is 0 Å². The number of imide groups is 1. The molecule has 0 fully saturated rings. The van der Waals surface area contributed by atoms with Crippen molar-refractivity contribution in [3.05, 3.63) is 40.4 Å². The Balaban J connectivity index is 2.60. The predicted octanol–water partition coefficient (Wildman–Crippen LogP) is 1.86. The standard InChI is InChI=1S/C12H8ClNO4/c1-6-5-9(15)14(11(6)16)8-4-2-3-7(13)10(8)12(17)18/h2-5H,1H3,(H,17,18). The molecule has 1 aromatic carbocycles. The van der Waals surface area contributed by atoms with Crippen LogP contribution in [0.25, 0.3) is 0 Å². The molecule has 18 heavy (non-hydrogen) atoms. The van der Waals surface area contributed by atoms with Gasteiger partial charge in [0.15, 0.2) is 0 Å². The molecule has 2 amide bonds. The summed E-state index contributed by atoms with van der Waals surface area (Å²) in [6.07, 6.45) is 1.16. The first-order valence-corrected chi connectivity index (χ1v) is 5.40. The van der Waals surface area contributed by atoms with Crippen LogP contribution in [0.5, 0.6) is 0 Å². The molecule has 1 aliphatic heterocycles. The maximum atomic E-state index is 11.8. The van der Waals surface area contributed by atoms with Gasteiger partial charge in [-0.25, -0.2) is 9.69 Å². The second-order valence-corrected chi connectivity index (χ2v) is 4.15. The molecule has 1 aliphatic rings. The van der Waals surface area contributed by atoms with Gasteiger partial charge in [0.25, 0.3) is 11.8 Å². The van der Waals surface area contributed by atoms with E-state index >= 15 is 0 Å². The largest absolute Gasteiger partial charge is 0.478 e. The molecule has 92 valence electrons. The van der Waals surface area contributed by atoms with Crippen molar-refractivity contribution in [1.29, 1.82) is 0 Å². The number of carboxylic acid groups (broad SMARTS) is 1. The lowest BCUT2D eigenvalue weighted by Gasteiger charge is -2.17. The number of amides is 2. The fourth-order valence-corrected chi connectivity index (χ4v) is 1.98. The molecular formula is C12H8ClNO4. The van der Waals surface area contributed by atoms with Crippen LogP contribution in [0.3, 0.4) is 0 Å². The Morgan fingerprint density at radius 2 is 2.00 bits per heavy atom. The number of carboxylic acids is 1.